The fourth-order valence-corrected chi connectivity index (χ4v) is 5.30. The van der Waals surface area contributed by atoms with E-state index in [4.69, 9.17) is 9.94 Å². The summed E-state index contributed by atoms with van der Waals surface area (Å²) in [7, 11) is 0. The maximum absolute atomic E-state index is 10.9. The van der Waals surface area contributed by atoms with E-state index in [1.165, 1.54) is 32.1 Å². The second kappa shape index (κ2) is 3.72. The first kappa shape index (κ1) is 10.8. The van der Waals surface area contributed by atoms with Crippen LogP contribution in [0, 0.1) is 29.6 Å². The molecule has 0 aromatic rings. The van der Waals surface area contributed by atoms with Crippen LogP contribution in [0.3, 0.4) is 0 Å². The fourth-order valence-electron chi connectivity index (χ4n) is 5.30. The van der Waals surface area contributed by atoms with Gasteiger partial charge in [-0.1, -0.05) is 5.16 Å². The van der Waals surface area contributed by atoms with Crippen LogP contribution < -0.4 is 0 Å². The lowest BCUT2D eigenvalue weighted by atomic mass is 9.50. The number of hydrogen-bond acceptors (Lipinski definition) is 3. The molecule has 5 aliphatic rings. The van der Waals surface area contributed by atoms with Gasteiger partial charge in [-0.05, 0) is 55.8 Å². The van der Waals surface area contributed by atoms with Gasteiger partial charge in [0.1, 0.15) is 6.10 Å². The molecule has 4 aliphatic carbocycles. The van der Waals surface area contributed by atoms with Crippen LogP contribution >= 0.6 is 0 Å². The molecule has 0 aromatic heterocycles. The average molecular weight is 249 g/mol. The third-order valence-corrected chi connectivity index (χ3v) is 5.67. The molecule has 0 spiro atoms. The summed E-state index contributed by atoms with van der Waals surface area (Å²) in [6, 6.07) is 0. The number of nitrogens with zero attached hydrogens (tertiary/aromatic N) is 1. The molecule has 4 bridgehead atoms. The molecule has 1 aliphatic heterocycles. The van der Waals surface area contributed by atoms with Crippen LogP contribution in [0.15, 0.2) is 5.16 Å². The molecule has 0 amide bonds. The third kappa shape index (κ3) is 1.50. The molecule has 18 heavy (non-hydrogen) atoms. The van der Waals surface area contributed by atoms with Crippen LogP contribution in [0.5, 0.6) is 0 Å². The first-order valence-electron chi connectivity index (χ1n) is 7.16. The normalized spacial score (nSPS) is 49.0. The molecule has 5 rings (SSSR count). The zero-order valence-corrected chi connectivity index (χ0v) is 10.4. The van der Waals surface area contributed by atoms with Gasteiger partial charge in [-0.3, -0.25) is 0 Å². The summed E-state index contributed by atoms with van der Waals surface area (Å²) in [5.74, 6) is 3.10. The van der Waals surface area contributed by atoms with E-state index in [-0.39, 0.29) is 11.8 Å². The predicted octanol–water partition coefficient (Wildman–Crippen LogP) is 2.29. The van der Waals surface area contributed by atoms with E-state index >= 15 is 0 Å². The van der Waals surface area contributed by atoms with E-state index in [1.54, 1.807) is 0 Å². The SMILES string of the molecule is O=C(O)C1=NOC(C2C3CC4CC(C3)CC2C4)C1. The van der Waals surface area contributed by atoms with Crippen molar-refractivity contribution in [1.82, 2.24) is 0 Å². The van der Waals surface area contributed by atoms with E-state index in [0.29, 0.717) is 12.3 Å². The second-order valence-electron chi connectivity index (χ2n) is 6.70. The quantitative estimate of drug-likeness (QED) is 0.816. The highest BCUT2D eigenvalue weighted by atomic mass is 16.6. The van der Waals surface area contributed by atoms with Gasteiger partial charge in [0.25, 0.3) is 0 Å². The zero-order chi connectivity index (χ0) is 12.3. The molecule has 4 fully saturated rings. The minimum Gasteiger partial charge on any atom is -0.477 e. The van der Waals surface area contributed by atoms with Crippen molar-refractivity contribution in [2.24, 2.45) is 34.7 Å². The van der Waals surface area contributed by atoms with Crippen molar-refractivity contribution in [3.05, 3.63) is 0 Å². The van der Waals surface area contributed by atoms with Crippen molar-refractivity contribution in [2.75, 3.05) is 0 Å². The molecule has 1 N–H and O–H groups in total. The van der Waals surface area contributed by atoms with Crippen molar-refractivity contribution < 1.29 is 14.7 Å². The van der Waals surface area contributed by atoms with Gasteiger partial charge >= 0.3 is 5.97 Å². The molecule has 4 saturated carbocycles. The number of carbonyl (C=O) groups is 1. The van der Waals surface area contributed by atoms with E-state index in [2.05, 4.69) is 5.16 Å². The fraction of sp³-hybridized carbons (Fsp3) is 0.857. The molecule has 0 saturated heterocycles. The smallest absolute Gasteiger partial charge is 0.353 e. The summed E-state index contributed by atoms with van der Waals surface area (Å²) < 4.78 is 0. The van der Waals surface area contributed by atoms with Gasteiger partial charge in [0.15, 0.2) is 5.71 Å². The Labute approximate surface area is 106 Å². The van der Waals surface area contributed by atoms with Crippen molar-refractivity contribution in [2.45, 2.75) is 44.6 Å². The maximum atomic E-state index is 10.9. The number of oxime groups is 1. The molecule has 0 aromatic carbocycles. The van der Waals surface area contributed by atoms with Crippen LogP contribution in [0.25, 0.3) is 0 Å². The Bertz CT molecular complexity index is 389. The standard InChI is InChI=1S/C14H19NO3/c16-14(17)11-6-12(18-15-11)13-9-2-7-1-8(4-9)5-10(13)3-7/h7-10,12-13H,1-6H2,(H,16,17). The number of aliphatic carboxylic acids is 1. The highest BCUT2D eigenvalue weighted by molar-refractivity contribution is 6.35. The Morgan fingerprint density at radius 3 is 2.22 bits per heavy atom. The lowest BCUT2D eigenvalue weighted by Gasteiger charge is -2.55. The van der Waals surface area contributed by atoms with Crippen molar-refractivity contribution in [1.29, 1.82) is 0 Å². The summed E-state index contributed by atoms with van der Waals surface area (Å²) in [5.41, 5.74) is 0.216. The van der Waals surface area contributed by atoms with Gasteiger partial charge < -0.3 is 9.94 Å². The molecule has 98 valence electrons. The van der Waals surface area contributed by atoms with Crippen molar-refractivity contribution >= 4 is 11.7 Å². The Kier molecular flexibility index (Phi) is 2.24. The molecular formula is C14H19NO3. The summed E-state index contributed by atoms with van der Waals surface area (Å²) >= 11 is 0. The maximum Gasteiger partial charge on any atom is 0.353 e. The molecule has 0 radical (unpaired) electrons. The van der Waals surface area contributed by atoms with Crippen LogP contribution in [0.1, 0.15) is 38.5 Å². The average Bonchev–Trinajstić information content (AvgIpc) is 2.77. The zero-order valence-electron chi connectivity index (χ0n) is 10.4. The first-order valence-corrected chi connectivity index (χ1v) is 7.16. The van der Waals surface area contributed by atoms with Crippen LogP contribution in [0.4, 0.5) is 0 Å². The Morgan fingerprint density at radius 1 is 1.11 bits per heavy atom. The summed E-state index contributed by atoms with van der Waals surface area (Å²) in [4.78, 5) is 16.4. The first-order chi connectivity index (χ1) is 8.70. The topological polar surface area (TPSA) is 58.9 Å². The molecule has 1 unspecified atom stereocenters. The summed E-state index contributed by atoms with van der Waals surface area (Å²) in [5, 5.41) is 12.7. The van der Waals surface area contributed by atoms with Gasteiger partial charge in [-0.2, -0.15) is 0 Å². The van der Waals surface area contributed by atoms with Crippen LogP contribution in [-0.2, 0) is 9.63 Å². The molecule has 4 heteroatoms. The second-order valence-corrected chi connectivity index (χ2v) is 6.70. The number of carboxylic acids is 1. The monoisotopic (exact) mass is 249 g/mol. The Hall–Kier alpha value is -1.06. The van der Waals surface area contributed by atoms with E-state index in [9.17, 15) is 4.79 Å². The Morgan fingerprint density at radius 2 is 1.72 bits per heavy atom. The van der Waals surface area contributed by atoms with Crippen molar-refractivity contribution in [3.63, 3.8) is 0 Å². The van der Waals surface area contributed by atoms with Gasteiger partial charge in [0.05, 0.1) is 0 Å². The molecular weight excluding hydrogens is 230 g/mol. The highest BCUT2D eigenvalue weighted by Gasteiger charge is 2.52. The predicted molar refractivity (Wildman–Crippen MR) is 65.1 cm³/mol. The number of rotatable bonds is 2. The molecule has 1 heterocycles. The highest BCUT2D eigenvalue weighted by Crippen LogP contribution is 2.58. The molecule has 4 nitrogen and oxygen atoms in total. The van der Waals surface area contributed by atoms with Gasteiger partial charge in [-0.25, -0.2) is 4.79 Å². The van der Waals surface area contributed by atoms with Crippen molar-refractivity contribution in [3.8, 4) is 0 Å². The number of carboxylic acid groups (broad SMARTS) is 1. The van der Waals surface area contributed by atoms with Gasteiger partial charge in [-0.15, -0.1) is 0 Å². The minimum absolute atomic E-state index is 0.0473. The third-order valence-electron chi connectivity index (χ3n) is 5.67. The lowest BCUT2D eigenvalue weighted by molar-refractivity contribution is -0.129. The number of hydrogen-bond donors (Lipinski definition) is 1. The van der Waals surface area contributed by atoms with Crippen LogP contribution in [-0.4, -0.2) is 22.9 Å². The van der Waals surface area contributed by atoms with Crippen LogP contribution in [0.2, 0.25) is 0 Å². The minimum atomic E-state index is -0.915. The van der Waals surface area contributed by atoms with E-state index < -0.39 is 5.97 Å². The Balaban J connectivity index is 1.51. The lowest BCUT2D eigenvalue weighted by Crippen LogP contribution is -2.49. The summed E-state index contributed by atoms with van der Waals surface area (Å²) in [6.45, 7) is 0. The molecule has 1 atom stereocenters. The largest absolute Gasteiger partial charge is 0.477 e. The van der Waals surface area contributed by atoms with Gasteiger partial charge in [0.2, 0.25) is 0 Å². The summed E-state index contributed by atoms with van der Waals surface area (Å²) in [6.07, 6.45) is 7.40. The van der Waals surface area contributed by atoms with Gasteiger partial charge in [0, 0.05) is 12.3 Å². The van der Waals surface area contributed by atoms with E-state index in [1.807, 2.05) is 0 Å². The van der Waals surface area contributed by atoms with E-state index in [0.717, 1.165) is 23.7 Å².